The summed E-state index contributed by atoms with van der Waals surface area (Å²) in [6, 6.07) is 7.87. The Hall–Kier alpha value is -2.95. The van der Waals surface area contributed by atoms with E-state index in [4.69, 9.17) is 4.74 Å². The molecular formula is C20H22F3N5O3. The third kappa shape index (κ3) is 4.41. The molecule has 1 aromatic carbocycles. The molecule has 1 saturated heterocycles. The van der Waals surface area contributed by atoms with Crippen LogP contribution in [0.2, 0.25) is 0 Å². The first kappa shape index (κ1) is 21.3. The van der Waals surface area contributed by atoms with Crippen molar-refractivity contribution in [1.29, 1.82) is 0 Å². The highest BCUT2D eigenvalue weighted by molar-refractivity contribution is 5.80. The Bertz CT molecular complexity index is 941. The molecule has 4 rings (SSSR count). The summed E-state index contributed by atoms with van der Waals surface area (Å²) in [5.41, 5.74) is 0.617. The number of amides is 2. The number of likely N-dealkylation sites (tertiary alicyclic amines) is 1. The van der Waals surface area contributed by atoms with Gasteiger partial charge < -0.3 is 19.1 Å². The molecule has 1 unspecified atom stereocenters. The van der Waals surface area contributed by atoms with Crippen molar-refractivity contribution in [3.05, 3.63) is 47.5 Å². The first-order valence-corrected chi connectivity index (χ1v) is 10.1. The number of halogens is 3. The smallest absolute Gasteiger partial charge is 0.362 e. The molecular weight excluding hydrogens is 415 g/mol. The second-order valence-corrected chi connectivity index (χ2v) is 7.51. The third-order valence-electron chi connectivity index (χ3n) is 5.50. The third-order valence-corrected chi connectivity index (χ3v) is 5.50. The van der Waals surface area contributed by atoms with Crippen molar-refractivity contribution in [2.75, 3.05) is 32.8 Å². The topological polar surface area (TPSA) is 80.6 Å². The maximum atomic E-state index is 13.3. The molecule has 31 heavy (non-hydrogen) atoms. The predicted octanol–water partition coefficient (Wildman–Crippen LogP) is 1.87. The Labute approximate surface area is 176 Å². The summed E-state index contributed by atoms with van der Waals surface area (Å²) in [6.45, 7) is 0.785. The maximum absolute atomic E-state index is 13.3. The number of alkyl halides is 3. The van der Waals surface area contributed by atoms with Gasteiger partial charge in [-0.2, -0.15) is 13.2 Å². The standard InChI is InChI=1S/C20H22F3N5O3/c21-20(22,23)19-25-24-18-17(14-6-2-1-3-7-14)27(10-11-28(18)19)16(30)13-31-12-15(29)26-8-4-5-9-26/h1-3,6-7,17H,4-5,8-13H2. The fourth-order valence-electron chi connectivity index (χ4n) is 4.02. The van der Waals surface area contributed by atoms with Gasteiger partial charge in [-0.05, 0) is 18.4 Å². The molecule has 2 amide bonds. The van der Waals surface area contributed by atoms with Crippen molar-refractivity contribution in [1.82, 2.24) is 24.6 Å². The van der Waals surface area contributed by atoms with E-state index < -0.39 is 23.9 Å². The largest absolute Gasteiger partial charge is 0.451 e. The lowest BCUT2D eigenvalue weighted by molar-refractivity contribution is -0.148. The van der Waals surface area contributed by atoms with Gasteiger partial charge in [-0.15, -0.1) is 10.2 Å². The van der Waals surface area contributed by atoms with Crippen LogP contribution in [-0.2, 0) is 27.0 Å². The maximum Gasteiger partial charge on any atom is 0.451 e. The van der Waals surface area contributed by atoms with Crippen LogP contribution in [0.15, 0.2) is 30.3 Å². The molecule has 2 aromatic rings. The van der Waals surface area contributed by atoms with Crippen molar-refractivity contribution in [2.24, 2.45) is 0 Å². The van der Waals surface area contributed by atoms with E-state index in [1.54, 1.807) is 35.2 Å². The Balaban J connectivity index is 1.52. The average molecular weight is 437 g/mol. The monoisotopic (exact) mass is 437 g/mol. The molecule has 0 radical (unpaired) electrons. The van der Waals surface area contributed by atoms with E-state index in [1.165, 1.54) is 4.90 Å². The van der Waals surface area contributed by atoms with Gasteiger partial charge in [0.2, 0.25) is 17.6 Å². The number of hydrogen-bond acceptors (Lipinski definition) is 5. The summed E-state index contributed by atoms with van der Waals surface area (Å²) in [5.74, 6) is -1.63. The molecule has 0 N–H and O–H groups in total. The molecule has 0 saturated carbocycles. The molecule has 0 aliphatic carbocycles. The zero-order valence-electron chi connectivity index (χ0n) is 16.7. The molecule has 2 aliphatic heterocycles. The molecule has 1 aromatic heterocycles. The van der Waals surface area contributed by atoms with Gasteiger partial charge in [-0.1, -0.05) is 30.3 Å². The number of ether oxygens (including phenoxy) is 1. The number of hydrogen-bond donors (Lipinski definition) is 0. The lowest BCUT2D eigenvalue weighted by atomic mass is 10.0. The fraction of sp³-hybridized carbons (Fsp3) is 0.500. The van der Waals surface area contributed by atoms with E-state index in [-0.39, 0.29) is 38.0 Å². The molecule has 8 nitrogen and oxygen atoms in total. The SMILES string of the molecule is O=C(COCC(=O)N1CCn2c(nnc2C(F)(F)F)C1c1ccccc1)N1CCCC1. The van der Waals surface area contributed by atoms with E-state index >= 15 is 0 Å². The summed E-state index contributed by atoms with van der Waals surface area (Å²) in [5, 5.41) is 7.11. The number of carbonyl (C=O) groups excluding carboxylic acids is 2. The van der Waals surface area contributed by atoms with Gasteiger partial charge in [0.15, 0.2) is 5.82 Å². The Morgan fingerprint density at radius 2 is 1.65 bits per heavy atom. The number of nitrogens with zero attached hydrogens (tertiary/aromatic N) is 5. The van der Waals surface area contributed by atoms with Crippen LogP contribution in [0, 0.1) is 0 Å². The van der Waals surface area contributed by atoms with E-state index in [0.29, 0.717) is 18.7 Å². The van der Waals surface area contributed by atoms with Crippen LogP contribution in [0.5, 0.6) is 0 Å². The molecule has 1 fully saturated rings. The van der Waals surface area contributed by atoms with Gasteiger partial charge in [-0.3, -0.25) is 9.59 Å². The minimum absolute atomic E-state index is 0.0376. The highest BCUT2D eigenvalue weighted by Crippen LogP contribution is 2.35. The average Bonchev–Trinajstić information content (AvgIpc) is 3.43. The van der Waals surface area contributed by atoms with Crippen LogP contribution in [0.1, 0.15) is 36.1 Å². The van der Waals surface area contributed by atoms with Crippen molar-refractivity contribution >= 4 is 11.8 Å². The normalized spacial score (nSPS) is 18.9. The van der Waals surface area contributed by atoms with Crippen molar-refractivity contribution in [2.45, 2.75) is 31.6 Å². The Morgan fingerprint density at radius 3 is 2.32 bits per heavy atom. The number of fused-ring (bicyclic) bond motifs is 1. The van der Waals surface area contributed by atoms with Crippen LogP contribution in [0.3, 0.4) is 0 Å². The van der Waals surface area contributed by atoms with Crippen molar-refractivity contribution in [3.63, 3.8) is 0 Å². The first-order valence-electron chi connectivity index (χ1n) is 10.1. The van der Waals surface area contributed by atoms with Gasteiger partial charge in [0.05, 0.1) is 0 Å². The minimum atomic E-state index is -4.64. The van der Waals surface area contributed by atoms with Crippen LogP contribution >= 0.6 is 0 Å². The van der Waals surface area contributed by atoms with E-state index in [0.717, 1.165) is 17.4 Å². The second-order valence-electron chi connectivity index (χ2n) is 7.51. The van der Waals surface area contributed by atoms with E-state index in [1.807, 2.05) is 0 Å². The van der Waals surface area contributed by atoms with Gasteiger partial charge in [-0.25, -0.2) is 0 Å². The number of rotatable bonds is 5. The quantitative estimate of drug-likeness (QED) is 0.714. The predicted molar refractivity (Wildman–Crippen MR) is 102 cm³/mol. The van der Waals surface area contributed by atoms with Crippen LogP contribution < -0.4 is 0 Å². The van der Waals surface area contributed by atoms with E-state index in [2.05, 4.69) is 10.2 Å². The van der Waals surface area contributed by atoms with E-state index in [9.17, 15) is 22.8 Å². The highest BCUT2D eigenvalue weighted by Gasteiger charge is 2.43. The zero-order chi connectivity index (χ0) is 22.0. The molecule has 11 heteroatoms. The molecule has 2 aliphatic rings. The Kier molecular flexibility index (Phi) is 5.94. The van der Waals surface area contributed by atoms with Gasteiger partial charge in [0.1, 0.15) is 19.3 Å². The summed E-state index contributed by atoms with van der Waals surface area (Å²) >= 11 is 0. The van der Waals surface area contributed by atoms with Crippen LogP contribution in [-0.4, -0.2) is 69.2 Å². The molecule has 0 spiro atoms. The highest BCUT2D eigenvalue weighted by atomic mass is 19.4. The fourth-order valence-corrected chi connectivity index (χ4v) is 4.02. The van der Waals surface area contributed by atoms with Crippen LogP contribution in [0.4, 0.5) is 13.2 Å². The summed E-state index contributed by atoms with van der Waals surface area (Å²) in [4.78, 5) is 28.1. The van der Waals surface area contributed by atoms with Crippen molar-refractivity contribution in [3.8, 4) is 0 Å². The number of aromatic nitrogens is 3. The summed E-state index contributed by atoms with van der Waals surface area (Å²) < 4.78 is 46.3. The lowest BCUT2D eigenvalue weighted by Crippen LogP contribution is -2.45. The molecule has 1 atom stereocenters. The number of benzene rings is 1. The van der Waals surface area contributed by atoms with Crippen molar-refractivity contribution < 1.29 is 27.5 Å². The van der Waals surface area contributed by atoms with Gasteiger partial charge in [0.25, 0.3) is 0 Å². The van der Waals surface area contributed by atoms with Gasteiger partial charge >= 0.3 is 6.18 Å². The minimum Gasteiger partial charge on any atom is -0.362 e. The van der Waals surface area contributed by atoms with Gasteiger partial charge in [0, 0.05) is 26.2 Å². The first-order chi connectivity index (χ1) is 14.9. The second kappa shape index (κ2) is 8.66. The summed E-state index contributed by atoms with van der Waals surface area (Å²) in [7, 11) is 0. The van der Waals surface area contributed by atoms with Crippen LogP contribution in [0.25, 0.3) is 0 Å². The lowest BCUT2D eigenvalue weighted by Gasteiger charge is -2.36. The molecule has 3 heterocycles. The number of carbonyl (C=O) groups is 2. The molecule has 166 valence electrons. The summed E-state index contributed by atoms with van der Waals surface area (Å²) in [6.07, 6.45) is -2.73. The molecule has 0 bridgehead atoms. The Morgan fingerprint density at radius 1 is 0.968 bits per heavy atom. The zero-order valence-corrected chi connectivity index (χ0v) is 16.7.